The van der Waals surface area contributed by atoms with E-state index in [4.69, 9.17) is 25.4 Å². The second kappa shape index (κ2) is 15.5. The van der Waals surface area contributed by atoms with Crippen LogP contribution in [0, 0.1) is 38.6 Å². The van der Waals surface area contributed by atoms with E-state index in [0.717, 1.165) is 23.8 Å². The molecule has 2 spiro atoms. The molecular formula is C42H36F2N10O5S. The van der Waals surface area contributed by atoms with Crippen molar-refractivity contribution in [3.05, 3.63) is 118 Å². The molecule has 2 saturated heterocycles. The number of carbonyl (C=O) groups excluding carboxylic acids is 5. The number of aromatic nitrogens is 2. The number of benzene rings is 2. The molecule has 2 aliphatic carbocycles. The van der Waals surface area contributed by atoms with Crippen molar-refractivity contribution in [1.29, 1.82) is 0 Å². The fraction of sp³-hybridized carbons (Fsp3) is 0.286. The Kier molecular flexibility index (Phi) is 10.6. The monoisotopic (exact) mass is 830 g/mol. The Labute approximate surface area is 348 Å². The van der Waals surface area contributed by atoms with Crippen LogP contribution in [-0.4, -0.2) is 69.9 Å². The van der Waals surface area contributed by atoms with Crippen molar-refractivity contribution < 1.29 is 32.8 Å². The van der Waals surface area contributed by atoms with Gasteiger partial charge in [0.05, 0.1) is 22.5 Å². The van der Waals surface area contributed by atoms with Gasteiger partial charge in [-0.25, -0.2) is 18.5 Å². The van der Waals surface area contributed by atoms with Crippen molar-refractivity contribution in [2.75, 3.05) is 33.7 Å². The minimum Gasteiger partial charge on any atom is -0.360 e. The summed E-state index contributed by atoms with van der Waals surface area (Å²) in [5.41, 5.74) is 0.392. The largest absolute Gasteiger partial charge is 0.360 e. The number of imide groups is 1. The second-order valence-corrected chi connectivity index (χ2v) is 15.0. The van der Waals surface area contributed by atoms with Gasteiger partial charge in [-0.1, -0.05) is 13.1 Å². The molecule has 2 aromatic carbocycles. The van der Waals surface area contributed by atoms with Gasteiger partial charge in [0.1, 0.15) is 35.1 Å². The molecule has 0 unspecified atom stereocenters. The SMILES string of the molecule is [C-]#[N+]c1ncc(N2C(=O)C3(CCC3)N(c3ccc(C(=O)NC)c(F)c3)C2=S)cc1C.[C-]#[N+]c1ncc(N2C(=O)N(c3ccc(C(=O)NC)c(F)c3)C3(CCC3)C2=O)cc1C. The second-order valence-electron chi connectivity index (χ2n) is 14.7. The number of thiocarbonyl (C=S) groups is 1. The van der Waals surface area contributed by atoms with Gasteiger partial charge in [0.2, 0.25) is 0 Å². The first-order valence-electron chi connectivity index (χ1n) is 18.8. The van der Waals surface area contributed by atoms with Crippen molar-refractivity contribution in [2.24, 2.45) is 0 Å². The number of anilines is 4. The summed E-state index contributed by atoms with van der Waals surface area (Å²) < 4.78 is 29.2. The number of amides is 6. The van der Waals surface area contributed by atoms with Gasteiger partial charge in [0, 0.05) is 25.5 Å². The van der Waals surface area contributed by atoms with Crippen molar-refractivity contribution in [3.63, 3.8) is 0 Å². The average molecular weight is 831 g/mol. The highest BCUT2D eigenvalue weighted by Gasteiger charge is 2.62. The Morgan fingerprint density at radius 3 is 1.48 bits per heavy atom. The third-order valence-electron chi connectivity index (χ3n) is 11.4. The van der Waals surface area contributed by atoms with Gasteiger partial charge in [-0.3, -0.25) is 29.0 Å². The maximum atomic E-state index is 14.6. The maximum Gasteiger partial charge on any atom is 0.337 e. The summed E-state index contributed by atoms with van der Waals surface area (Å²) in [5, 5.41) is 4.98. The standard InChI is InChI=1S/C21H18FN5O3.C21H18FN5O2S/c2*1-12-9-14(11-25-17(12)23-2)26-19(29)21(7-4-8-21)27(20(26)30)13-5-6-15(16(22)10-13)18(28)24-3/h2*5-6,9-11H,4,7-8H2,1,3H3,(H,24,28). The van der Waals surface area contributed by atoms with Crippen LogP contribution in [0.3, 0.4) is 0 Å². The lowest BCUT2D eigenvalue weighted by molar-refractivity contribution is -0.124. The first-order chi connectivity index (χ1) is 28.7. The molecule has 4 aromatic rings. The summed E-state index contributed by atoms with van der Waals surface area (Å²) in [7, 11) is 2.83. The minimum absolute atomic E-state index is 0.0771. The fourth-order valence-electron chi connectivity index (χ4n) is 7.92. The van der Waals surface area contributed by atoms with Crippen LogP contribution in [0.25, 0.3) is 9.69 Å². The molecule has 60 heavy (non-hydrogen) atoms. The van der Waals surface area contributed by atoms with E-state index in [1.807, 2.05) is 0 Å². The Morgan fingerprint density at radius 1 is 0.683 bits per heavy atom. The lowest BCUT2D eigenvalue weighted by Crippen LogP contribution is -2.55. The quantitative estimate of drug-likeness (QED) is 0.121. The van der Waals surface area contributed by atoms with Crippen LogP contribution in [0.15, 0.2) is 60.9 Å². The van der Waals surface area contributed by atoms with E-state index in [0.29, 0.717) is 48.2 Å². The van der Waals surface area contributed by atoms with E-state index in [1.165, 1.54) is 60.6 Å². The highest BCUT2D eigenvalue weighted by atomic mass is 32.1. The number of carbonyl (C=O) groups is 5. The number of nitrogens with one attached hydrogen (secondary N) is 2. The van der Waals surface area contributed by atoms with Crippen molar-refractivity contribution in [1.82, 2.24) is 20.6 Å². The van der Waals surface area contributed by atoms with Gasteiger partial charge in [-0.2, -0.15) is 0 Å². The van der Waals surface area contributed by atoms with Gasteiger partial charge < -0.3 is 25.2 Å². The molecule has 2 N–H and O–H groups in total. The zero-order chi connectivity index (χ0) is 43.3. The van der Waals surface area contributed by atoms with Gasteiger partial charge in [0.25, 0.3) is 35.3 Å². The van der Waals surface area contributed by atoms with Gasteiger partial charge >= 0.3 is 6.03 Å². The average Bonchev–Trinajstić information content (AvgIpc) is 3.59. The van der Waals surface area contributed by atoms with Crippen LogP contribution in [0.4, 0.5) is 48.0 Å². The van der Waals surface area contributed by atoms with E-state index in [2.05, 4.69) is 30.3 Å². The number of nitrogens with zero attached hydrogens (tertiary/aromatic N) is 8. The molecule has 304 valence electrons. The molecule has 4 fully saturated rings. The molecule has 0 bridgehead atoms. The lowest BCUT2D eigenvalue weighted by atomic mass is 9.75. The Morgan fingerprint density at radius 2 is 1.10 bits per heavy atom. The summed E-state index contributed by atoms with van der Waals surface area (Å²) >= 11 is 5.65. The maximum absolute atomic E-state index is 14.6. The first-order valence-corrected chi connectivity index (χ1v) is 19.2. The Bertz CT molecular complexity index is 2450. The van der Waals surface area contributed by atoms with E-state index < -0.39 is 46.5 Å². The summed E-state index contributed by atoms with van der Waals surface area (Å²) in [4.78, 5) is 83.9. The third-order valence-corrected chi connectivity index (χ3v) is 11.7. The number of urea groups is 1. The predicted octanol–water partition coefficient (Wildman–Crippen LogP) is 6.84. The van der Waals surface area contributed by atoms with Crippen molar-refractivity contribution in [3.8, 4) is 0 Å². The van der Waals surface area contributed by atoms with E-state index in [-0.39, 0.29) is 45.2 Å². The predicted molar refractivity (Wildman–Crippen MR) is 221 cm³/mol. The molecule has 8 rings (SSSR count). The summed E-state index contributed by atoms with van der Waals surface area (Å²) in [6.45, 7) is 17.7. The zero-order valence-electron chi connectivity index (χ0n) is 32.8. The molecule has 2 aliphatic heterocycles. The molecule has 18 heteroatoms. The number of aryl methyl sites for hydroxylation is 2. The molecule has 2 aromatic heterocycles. The topological polar surface area (TPSA) is 157 Å². The van der Waals surface area contributed by atoms with Crippen molar-refractivity contribution in [2.45, 2.75) is 63.5 Å². The van der Waals surface area contributed by atoms with Crippen LogP contribution in [0.5, 0.6) is 0 Å². The van der Waals surface area contributed by atoms with E-state index in [1.54, 1.807) is 36.9 Å². The third kappa shape index (κ3) is 6.36. The first kappa shape index (κ1) is 41.0. The van der Waals surface area contributed by atoms with Gasteiger partial charge in [-0.15, -0.1) is 9.97 Å². The Balaban J connectivity index is 0.000000181. The Hall–Kier alpha value is -7.18. The minimum atomic E-state index is -1.08. The lowest BCUT2D eigenvalue weighted by Gasteiger charge is -2.43. The smallest absolute Gasteiger partial charge is 0.337 e. The highest BCUT2D eigenvalue weighted by molar-refractivity contribution is 7.81. The normalized spacial score (nSPS) is 17.1. The number of pyridine rings is 2. The molecule has 4 heterocycles. The molecule has 4 aliphatic rings. The van der Waals surface area contributed by atoms with Gasteiger partial charge in [0.15, 0.2) is 5.11 Å². The highest BCUT2D eigenvalue weighted by Crippen LogP contribution is 2.49. The molecular weight excluding hydrogens is 795 g/mol. The van der Waals surface area contributed by atoms with Gasteiger partial charge in [-0.05, 0) is 124 Å². The molecule has 15 nitrogen and oxygen atoms in total. The number of hydrogen-bond donors (Lipinski definition) is 2. The summed E-state index contributed by atoms with van der Waals surface area (Å²) in [6.07, 6.45) is 6.49. The fourth-order valence-corrected chi connectivity index (χ4v) is 8.39. The number of hydrogen-bond acceptors (Lipinski definition) is 8. The van der Waals surface area contributed by atoms with Crippen LogP contribution >= 0.6 is 12.2 Å². The summed E-state index contributed by atoms with van der Waals surface area (Å²) in [6, 6.07) is 10.8. The molecule has 0 atom stereocenters. The number of rotatable bonds is 6. The van der Waals surface area contributed by atoms with E-state index >= 15 is 0 Å². The molecule has 6 amide bonds. The van der Waals surface area contributed by atoms with Crippen LogP contribution in [0.1, 0.15) is 70.4 Å². The summed E-state index contributed by atoms with van der Waals surface area (Å²) in [5.74, 6) is -2.70. The van der Waals surface area contributed by atoms with Crippen LogP contribution < -0.4 is 30.2 Å². The van der Waals surface area contributed by atoms with Crippen LogP contribution in [0.2, 0.25) is 0 Å². The zero-order valence-corrected chi connectivity index (χ0v) is 33.6. The molecule has 0 radical (unpaired) electrons. The molecule has 2 saturated carbocycles. The number of halogens is 2. The van der Waals surface area contributed by atoms with Crippen molar-refractivity contribution >= 4 is 81.4 Å². The van der Waals surface area contributed by atoms with Crippen LogP contribution in [-0.2, 0) is 9.59 Å². The van der Waals surface area contributed by atoms with E-state index in [9.17, 15) is 32.8 Å².